The molecule has 0 saturated heterocycles. The minimum Gasteiger partial charge on any atom is -0.347 e. The van der Waals surface area contributed by atoms with E-state index in [2.05, 4.69) is 15.4 Å². The van der Waals surface area contributed by atoms with Crippen LogP contribution < -0.4 is 16.2 Å². The Hall–Kier alpha value is -1.57. The molecule has 0 aromatic carbocycles. The van der Waals surface area contributed by atoms with Crippen LogP contribution in [0.25, 0.3) is 0 Å². The van der Waals surface area contributed by atoms with Gasteiger partial charge in [-0.15, -0.1) is 0 Å². The normalized spacial score (nSPS) is 11.5. The second-order valence-electron chi connectivity index (χ2n) is 4.05. The molecule has 0 aliphatic rings. The monoisotopic (exact) mass is 277 g/mol. The van der Waals surface area contributed by atoms with Crippen LogP contribution in [0.1, 0.15) is 25.8 Å². The fraction of sp³-hybridized carbons (Fsp3) is 0.636. The molecule has 0 radical (unpaired) electrons. The summed E-state index contributed by atoms with van der Waals surface area (Å²) < 4.78 is 37.7. The molecule has 1 aromatic rings. The first-order valence-electron chi connectivity index (χ1n) is 6.05. The Bertz CT molecular complexity index is 408. The Kier molecular flexibility index (Phi) is 5.34. The molecule has 1 heterocycles. The van der Waals surface area contributed by atoms with Crippen LogP contribution in [0, 0.1) is 0 Å². The van der Waals surface area contributed by atoms with Gasteiger partial charge in [0.1, 0.15) is 24.5 Å². The number of hydrogen-bond acceptors (Lipinski definition) is 5. The van der Waals surface area contributed by atoms with Gasteiger partial charge in [0.15, 0.2) is 0 Å². The molecular formula is C11H18F3N5. The Morgan fingerprint density at radius 2 is 2.00 bits per heavy atom. The number of nitrogen functional groups attached to an aromatic ring is 1. The molecule has 0 unspecified atom stereocenters. The van der Waals surface area contributed by atoms with E-state index in [0.29, 0.717) is 17.8 Å². The lowest BCUT2D eigenvalue weighted by Gasteiger charge is -2.26. The first kappa shape index (κ1) is 15.5. The van der Waals surface area contributed by atoms with Crippen LogP contribution >= 0.6 is 0 Å². The van der Waals surface area contributed by atoms with Gasteiger partial charge in [-0.25, -0.2) is 15.8 Å². The maximum absolute atomic E-state index is 12.6. The molecule has 0 fully saturated rings. The lowest BCUT2D eigenvalue weighted by Crippen LogP contribution is -2.35. The standard InChI is InChI=1S/C11H18F3N5/c1-3-5-8-9(18-15)16-7-17-10(8)19(4-2)6-11(12,13)14/h7H,3-6,15H2,1-2H3,(H,16,17,18). The summed E-state index contributed by atoms with van der Waals surface area (Å²) in [6, 6.07) is 0. The van der Waals surface area contributed by atoms with Crippen molar-refractivity contribution in [2.24, 2.45) is 5.84 Å². The third-order valence-electron chi connectivity index (χ3n) is 2.61. The summed E-state index contributed by atoms with van der Waals surface area (Å²) >= 11 is 0. The number of halogens is 3. The highest BCUT2D eigenvalue weighted by Crippen LogP contribution is 2.27. The molecule has 0 saturated carbocycles. The Morgan fingerprint density at radius 3 is 2.47 bits per heavy atom. The minimum atomic E-state index is -4.28. The average Bonchev–Trinajstić information content (AvgIpc) is 2.35. The number of nitrogens with zero attached hydrogens (tertiary/aromatic N) is 3. The van der Waals surface area contributed by atoms with Crippen LogP contribution in [0.2, 0.25) is 0 Å². The van der Waals surface area contributed by atoms with Gasteiger partial charge in [0.05, 0.1) is 0 Å². The summed E-state index contributed by atoms with van der Waals surface area (Å²) in [7, 11) is 0. The van der Waals surface area contributed by atoms with Gasteiger partial charge in [-0.3, -0.25) is 0 Å². The molecule has 0 bridgehead atoms. The van der Waals surface area contributed by atoms with E-state index in [4.69, 9.17) is 5.84 Å². The zero-order valence-electron chi connectivity index (χ0n) is 11.0. The second kappa shape index (κ2) is 6.55. The average molecular weight is 277 g/mol. The van der Waals surface area contributed by atoms with Crippen LogP contribution in [0.15, 0.2) is 6.33 Å². The van der Waals surface area contributed by atoms with Crippen LogP contribution in [-0.2, 0) is 6.42 Å². The number of rotatable bonds is 6. The quantitative estimate of drug-likeness (QED) is 0.615. The van der Waals surface area contributed by atoms with Gasteiger partial charge in [0.2, 0.25) is 0 Å². The van der Waals surface area contributed by atoms with E-state index in [9.17, 15) is 13.2 Å². The first-order chi connectivity index (χ1) is 8.92. The molecule has 0 spiro atoms. The van der Waals surface area contributed by atoms with E-state index in [1.54, 1.807) is 6.92 Å². The van der Waals surface area contributed by atoms with Gasteiger partial charge >= 0.3 is 6.18 Å². The second-order valence-corrected chi connectivity index (χ2v) is 4.05. The van der Waals surface area contributed by atoms with Gasteiger partial charge in [-0.1, -0.05) is 13.3 Å². The van der Waals surface area contributed by atoms with Crippen molar-refractivity contribution in [2.45, 2.75) is 32.9 Å². The minimum absolute atomic E-state index is 0.206. The van der Waals surface area contributed by atoms with Crippen LogP contribution in [0.5, 0.6) is 0 Å². The van der Waals surface area contributed by atoms with Crippen molar-refractivity contribution in [3.05, 3.63) is 11.9 Å². The van der Waals surface area contributed by atoms with Gasteiger partial charge in [-0.2, -0.15) is 13.2 Å². The third-order valence-corrected chi connectivity index (χ3v) is 2.61. The maximum Gasteiger partial charge on any atom is 0.405 e. The van der Waals surface area contributed by atoms with Crippen molar-refractivity contribution in [3.8, 4) is 0 Å². The highest BCUT2D eigenvalue weighted by Gasteiger charge is 2.31. The molecule has 0 aliphatic heterocycles. The van der Waals surface area contributed by atoms with Crippen molar-refractivity contribution in [2.75, 3.05) is 23.4 Å². The van der Waals surface area contributed by atoms with Crippen LogP contribution in [-0.4, -0.2) is 29.2 Å². The number of anilines is 2. The van der Waals surface area contributed by atoms with Gasteiger partial charge in [0, 0.05) is 12.1 Å². The molecule has 5 nitrogen and oxygen atoms in total. The zero-order valence-corrected chi connectivity index (χ0v) is 11.0. The number of aromatic nitrogens is 2. The number of hydrazine groups is 1. The first-order valence-corrected chi connectivity index (χ1v) is 6.05. The van der Waals surface area contributed by atoms with Crippen molar-refractivity contribution in [1.29, 1.82) is 0 Å². The molecular weight excluding hydrogens is 259 g/mol. The van der Waals surface area contributed by atoms with E-state index in [0.717, 1.165) is 6.42 Å². The van der Waals surface area contributed by atoms with Gasteiger partial charge in [-0.05, 0) is 13.3 Å². The smallest absolute Gasteiger partial charge is 0.347 e. The van der Waals surface area contributed by atoms with E-state index in [1.807, 2.05) is 6.92 Å². The molecule has 19 heavy (non-hydrogen) atoms. The Balaban J connectivity index is 3.15. The Labute approximate surface area is 110 Å². The SMILES string of the molecule is CCCc1c(NN)ncnc1N(CC)CC(F)(F)F. The molecule has 108 valence electrons. The fourth-order valence-electron chi connectivity index (χ4n) is 1.83. The fourth-order valence-corrected chi connectivity index (χ4v) is 1.83. The summed E-state index contributed by atoms with van der Waals surface area (Å²) in [6.45, 7) is 2.74. The van der Waals surface area contributed by atoms with E-state index < -0.39 is 12.7 Å². The summed E-state index contributed by atoms with van der Waals surface area (Å²) in [4.78, 5) is 9.09. The largest absolute Gasteiger partial charge is 0.405 e. The molecule has 0 atom stereocenters. The number of nitrogens with one attached hydrogen (secondary N) is 1. The van der Waals surface area contributed by atoms with Crippen LogP contribution in [0.4, 0.5) is 24.8 Å². The third kappa shape index (κ3) is 4.23. The predicted molar refractivity (Wildman–Crippen MR) is 67.8 cm³/mol. The van der Waals surface area contributed by atoms with E-state index in [-0.39, 0.29) is 12.4 Å². The summed E-state index contributed by atoms with van der Waals surface area (Å²) in [6.07, 6.45) is -1.74. The van der Waals surface area contributed by atoms with Crippen LogP contribution in [0.3, 0.4) is 0 Å². The van der Waals surface area contributed by atoms with Crippen molar-refractivity contribution >= 4 is 11.6 Å². The number of alkyl halides is 3. The van der Waals surface area contributed by atoms with Gasteiger partial charge < -0.3 is 10.3 Å². The lowest BCUT2D eigenvalue weighted by molar-refractivity contribution is -0.119. The number of nitrogens with two attached hydrogens (primary N) is 1. The van der Waals surface area contributed by atoms with Crippen molar-refractivity contribution in [3.63, 3.8) is 0 Å². The van der Waals surface area contributed by atoms with E-state index >= 15 is 0 Å². The molecule has 8 heteroatoms. The summed E-state index contributed by atoms with van der Waals surface area (Å²) in [5.41, 5.74) is 3.01. The highest BCUT2D eigenvalue weighted by molar-refractivity contribution is 5.58. The summed E-state index contributed by atoms with van der Waals surface area (Å²) in [5.74, 6) is 5.99. The Morgan fingerprint density at radius 1 is 1.32 bits per heavy atom. The number of hydrogen-bond donors (Lipinski definition) is 2. The lowest BCUT2D eigenvalue weighted by atomic mass is 10.1. The van der Waals surface area contributed by atoms with Crippen molar-refractivity contribution < 1.29 is 13.2 Å². The van der Waals surface area contributed by atoms with Gasteiger partial charge in [0.25, 0.3) is 0 Å². The molecule has 0 amide bonds. The topological polar surface area (TPSA) is 67.1 Å². The maximum atomic E-state index is 12.6. The molecule has 1 rings (SSSR count). The molecule has 0 aliphatic carbocycles. The van der Waals surface area contributed by atoms with Crippen molar-refractivity contribution in [1.82, 2.24) is 9.97 Å². The molecule has 1 aromatic heterocycles. The highest BCUT2D eigenvalue weighted by atomic mass is 19.4. The van der Waals surface area contributed by atoms with E-state index in [1.165, 1.54) is 11.2 Å². The zero-order chi connectivity index (χ0) is 14.5. The predicted octanol–water partition coefficient (Wildman–Crippen LogP) is 2.10. The molecule has 3 N–H and O–H groups in total. The summed E-state index contributed by atoms with van der Waals surface area (Å²) in [5, 5.41) is 0.